The monoisotopic (exact) mass is 277 g/mol. The molecule has 0 bridgehead atoms. The molecule has 110 valence electrons. The van der Waals surface area contributed by atoms with E-state index in [2.05, 4.69) is 17.6 Å². The predicted molar refractivity (Wildman–Crippen MR) is 81.4 cm³/mol. The number of carbonyl (C=O) groups is 1. The van der Waals surface area contributed by atoms with E-state index in [4.69, 9.17) is 10.1 Å². The quantitative estimate of drug-likeness (QED) is 0.406. The number of benzene rings is 1. The Balaban J connectivity index is 2.31. The number of hydrogen-bond donors (Lipinski definition) is 3. The van der Waals surface area contributed by atoms with Crippen LogP contribution >= 0.6 is 0 Å². The van der Waals surface area contributed by atoms with Crippen molar-refractivity contribution in [3.63, 3.8) is 0 Å². The van der Waals surface area contributed by atoms with Crippen molar-refractivity contribution in [1.82, 2.24) is 5.32 Å². The first-order valence-electron chi connectivity index (χ1n) is 6.98. The number of anilines is 1. The van der Waals surface area contributed by atoms with E-state index in [1.165, 1.54) is 0 Å². The van der Waals surface area contributed by atoms with Crippen molar-refractivity contribution in [3.05, 3.63) is 29.8 Å². The predicted octanol–water partition coefficient (Wildman–Crippen LogP) is 3.36. The number of hydrogen-bond acceptors (Lipinski definition) is 4. The number of amides is 1. The van der Waals surface area contributed by atoms with Crippen molar-refractivity contribution in [2.45, 2.75) is 32.6 Å². The van der Waals surface area contributed by atoms with Crippen LogP contribution in [-0.2, 0) is 4.74 Å². The molecule has 0 unspecified atom stereocenters. The third-order valence-electron chi connectivity index (χ3n) is 2.92. The summed E-state index contributed by atoms with van der Waals surface area (Å²) in [4.78, 5) is 11.5. The molecule has 0 heterocycles. The van der Waals surface area contributed by atoms with Gasteiger partial charge in [0, 0.05) is 18.3 Å². The maximum Gasteiger partial charge on any atom is 0.412 e. The van der Waals surface area contributed by atoms with Gasteiger partial charge < -0.3 is 10.1 Å². The summed E-state index contributed by atoms with van der Waals surface area (Å²) < 4.78 is 5.02. The Kier molecular flexibility index (Phi) is 7.17. The second-order valence-electron chi connectivity index (χ2n) is 4.52. The molecule has 1 amide bonds. The number of carbonyl (C=O) groups excluding carboxylic acids is 1. The molecule has 0 spiro atoms. The van der Waals surface area contributed by atoms with Crippen LogP contribution in [0.4, 0.5) is 10.5 Å². The van der Waals surface area contributed by atoms with Gasteiger partial charge in [-0.15, -0.1) is 0 Å². The molecular formula is C15H23N3O2. The average Bonchev–Trinajstić information content (AvgIpc) is 2.47. The summed E-state index contributed by atoms with van der Waals surface area (Å²) in [7, 11) is 1.83. The SMILES string of the molecule is CCCCCCOC(=O)NC(=N)c1ccc(NC)cc1. The first kappa shape index (κ1) is 16.0. The van der Waals surface area contributed by atoms with Crippen molar-refractivity contribution in [1.29, 1.82) is 5.41 Å². The third kappa shape index (κ3) is 5.73. The highest BCUT2D eigenvalue weighted by molar-refractivity contribution is 6.04. The molecule has 3 N–H and O–H groups in total. The molecule has 0 aliphatic rings. The fourth-order valence-electron chi connectivity index (χ4n) is 1.71. The van der Waals surface area contributed by atoms with E-state index in [-0.39, 0.29) is 5.84 Å². The normalized spacial score (nSPS) is 9.90. The van der Waals surface area contributed by atoms with Gasteiger partial charge >= 0.3 is 6.09 Å². The lowest BCUT2D eigenvalue weighted by molar-refractivity contribution is 0.149. The molecule has 1 aromatic carbocycles. The Morgan fingerprint density at radius 3 is 2.50 bits per heavy atom. The van der Waals surface area contributed by atoms with E-state index in [1.54, 1.807) is 12.1 Å². The minimum atomic E-state index is -0.566. The van der Waals surface area contributed by atoms with Gasteiger partial charge in [0.15, 0.2) is 0 Å². The van der Waals surface area contributed by atoms with E-state index < -0.39 is 6.09 Å². The average molecular weight is 277 g/mol. The van der Waals surface area contributed by atoms with Crippen LogP contribution in [0.3, 0.4) is 0 Å². The van der Waals surface area contributed by atoms with Gasteiger partial charge in [-0.2, -0.15) is 0 Å². The highest BCUT2D eigenvalue weighted by atomic mass is 16.5. The van der Waals surface area contributed by atoms with Crippen molar-refractivity contribution in [2.75, 3.05) is 19.0 Å². The molecule has 5 heteroatoms. The van der Waals surface area contributed by atoms with Crippen LogP contribution in [0.2, 0.25) is 0 Å². The Labute approximate surface area is 120 Å². The smallest absolute Gasteiger partial charge is 0.412 e. The molecule has 0 aromatic heterocycles. The molecule has 20 heavy (non-hydrogen) atoms. The van der Waals surface area contributed by atoms with Gasteiger partial charge in [0.2, 0.25) is 0 Å². The van der Waals surface area contributed by atoms with Gasteiger partial charge in [-0.3, -0.25) is 10.7 Å². The fraction of sp³-hybridized carbons (Fsp3) is 0.467. The molecule has 1 aromatic rings. The second-order valence-corrected chi connectivity index (χ2v) is 4.52. The molecular weight excluding hydrogens is 254 g/mol. The van der Waals surface area contributed by atoms with Crippen molar-refractivity contribution in [3.8, 4) is 0 Å². The van der Waals surface area contributed by atoms with Gasteiger partial charge in [0.25, 0.3) is 0 Å². The number of rotatable bonds is 7. The van der Waals surface area contributed by atoms with Crippen LogP contribution in [0.15, 0.2) is 24.3 Å². The number of amidine groups is 1. The summed E-state index contributed by atoms with van der Waals surface area (Å²) in [5, 5.41) is 13.2. The van der Waals surface area contributed by atoms with Crippen LogP contribution in [0.1, 0.15) is 38.2 Å². The van der Waals surface area contributed by atoms with Crippen LogP contribution < -0.4 is 10.6 Å². The Morgan fingerprint density at radius 2 is 1.90 bits per heavy atom. The van der Waals surface area contributed by atoms with Gasteiger partial charge in [-0.05, 0) is 30.7 Å². The summed E-state index contributed by atoms with van der Waals surface area (Å²) in [6, 6.07) is 7.24. The van der Waals surface area contributed by atoms with Crippen LogP contribution in [0.25, 0.3) is 0 Å². The van der Waals surface area contributed by atoms with E-state index in [1.807, 2.05) is 19.2 Å². The Morgan fingerprint density at radius 1 is 1.20 bits per heavy atom. The molecule has 0 radical (unpaired) electrons. The largest absolute Gasteiger partial charge is 0.449 e. The lowest BCUT2D eigenvalue weighted by Gasteiger charge is -2.08. The lowest BCUT2D eigenvalue weighted by Crippen LogP contribution is -2.31. The van der Waals surface area contributed by atoms with E-state index in [0.717, 1.165) is 31.4 Å². The summed E-state index contributed by atoms with van der Waals surface area (Å²) in [6.07, 6.45) is 3.67. The number of nitrogens with one attached hydrogen (secondary N) is 3. The van der Waals surface area contributed by atoms with Crippen LogP contribution in [-0.4, -0.2) is 25.6 Å². The lowest BCUT2D eigenvalue weighted by atomic mass is 10.2. The van der Waals surface area contributed by atoms with Crippen LogP contribution in [0, 0.1) is 5.41 Å². The van der Waals surface area contributed by atoms with Crippen LogP contribution in [0.5, 0.6) is 0 Å². The summed E-state index contributed by atoms with van der Waals surface area (Å²) in [5.41, 5.74) is 1.60. The van der Waals surface area contributed by atoms with Gasteiger partial charge in [0.1, 0.15) is 5.84 Å². The Hall–Kier alpha value is -2.04. The summed E-state index contributed by atoms with van der Waals surface area (Å²) >= 11 is 0. The van der Waals surface area contributed by atoms with Crippen molar-refractivity contribution >= 4 is 17.6 Å². The third-order valence-corrected chi connectivity index (χ3v) is 2.92. The number of unbranched alkanes of at least 4 members (excludes halogenated alkanes) is 3. The number of ether oxygens (including phenoxy) is 1. The van der Waals surface area contributed by atoms with Crippen molar-refractivity contribution < 1.29 is 9.53 Å². The first-order valence-corrected chi connectivity index (χ1v) is 6.98. The van der Waals surface area contributed by atoms with Gasteiger partial charge in [-0.25, -0.2) is 4.79 Å². The Bertz CT molecular complexity index is 429. The molecule has 0 atom stereocenters. The zero-order chi connectivity index (χ0) is 14.8. The molecule has 5 nitrogen and oxygen atoms in total. The highest BCUT2D eigenvalue weighted by Crippen LogP contribution is 2.08. The second kappa shape index (κ2) is 8.96. The zero-order valence-corrected chi connectivity index (χ0v) is 12.2. The molecule has 0 aliphatic carbocycles. The number of alkyl carbamates (subject to hydrolysis) is 1. The minimum absolute atomic E-state index is 0.0474. The summed E-state index contributed by atoms with van der Waals surface area (Å²) in [6.45, 7) is 2.53. The molecule has 1 rings (SSSR count). The first-order chi connectivity index (χ1) is 9.67. The molecule has 0 aliphatic heterocycles. The maximum atomic E-state index is 11.5. The van der Waals surface area contributed by atoms with Crippen molar-refractivity contribution in [2.24, 2.45) is 0 Å². The summed E-state index contributed by atoms with van der Waals surface area (Å²) in [5.74, 6) is 0.0474. The van der Waals surface area contributed by atoms with E-state index >= 15 is 0 Å². The minimum Gasteiger partial charge on any atom is -0.449 e. The molecule has 0 fully saturated rings. The molecule has 0 saturated carbocycles. The fourth-order valence-corrected chi connectivity index (χ4v) is 1.71. The standard InChI is InChI=1S/C15H23N3O2/c1-3-4-5-6-11-20-15(19)18-14(16)12-7-9-13(17-2)10-8-12/h7-10,17H,3-6,11H2,1-2H3,(H2,16,18,19). The maximum absolute atomic E-state index is 11.5. The van der Waals surface area contributed by atoms with E-state index in [9.17, 15) is 4.79 Å². The zero-order valence-electron chi connectivity index (χ0n) is 12.2. The van der Waals surface area contributed by atoms with E-state index in [0.29, 0.717) is 12.2 Å². The molecule has 0 saturated heterocycles. The van der Waals surface area contributed by atoms with Gasteiger partial charge in [-0.1, -0.05) is 26.2 Å². The topological polar surface area (TPSA) is 74.2 Å². The van der Waals surface area contributed by atoms with Gasteiger partial charge in [0.05, 0.1) is 6.61 Å². The highest BCUT2D eigenvalue weighted by Gasteiger charge is 2.07.